The Morgan fingerprint density at radius 3 is 2.86 bits per heavy atom. The second-order valence-electron chi connectivity index (χ2n) is 2.44. The van der Waals surface area contributed by atoms with Gasteiger partial charge in [-0.25, -0.2) is 9.18 Å². The highest BCUT2D eigenvalue weighted by Gasteiger charge is 1.98. The number of benzene rings is 1. The predicted molar refractivity (Wildman–Crippen MR) is 51.8 cm³/mol. The molecule has 0 aliphatic heterocycles. The number of aliphatic carboxylic acids is 1. The number of carboxylic acid groups (broad SMARTS) is 1. The summed E-state index contributed by atoms with van der Waals surface area (Å²) in [5.41, 5.74) is 0.522. The topological polar surface area (TPSA) is 49.3 Å². The molecular weight excluding hydrogens is 209 g/mol. The van der Waals surface area contributed by atoms with Crippen LogP contribution >= 0.6 is 11.6 Å². The molecule has 3 nitrogen and oxygen atoms in total. The first-order valence-corrected chi connectivity index (χ1v) is 4.08. The summed E-state index contributed by atoms with van der Waals surface area (Å²) >= 11 is 5.50. The summed E-state index contributed by atoms with van der Waals surface area (Å²) in [4.78, 5) is 10.1. The molecule has 0 radical (unpaired) electrons. The third kappa shape index (κ3) is 3.06. The molecule has 74 valence electrons. The van der Waals surface area contributed by atoms with E-state index < -0.39 is 11.8 Å². The Hall–Kier alpha value is -1.55. The average Bonchev–Trinajstić information content (AvgIpc) is 2.10. The summed E-state index contributed by atoms with van der Waals surface area (Å²) in [6, 6.07) is 4.01. The van der Waals surface area contributed by atoms with E-state index in [1.807, 2.05) is 0 Å². The van der Waals surface area contributed by atoms with E-state index >= 15 is 0 Å². The first-order chi connectivity index (χ1) is 6.59. The van der Waals surface area contributed by atoms with Crippen LogP contribution in [0.5, 0.6) is 0 Å². The van der Waals surface area contributed by atoms with E-state index in [-0.39, 0.29) is 5.02 Å². The van der Waals surface area contributed by atoms with Crippen LogP contribution in [0.4, 0.5) is 10.1 Å². The third-order valence-corrected chi connectivity index (χ3v) is 1.69. The maximum atomic E-state index is 12.7. The molecule has 0 unspecified atom stereocenters. The van der Waals surface area contributed by atoms with Crippen molar-refractivity contribution in [3.8, 4) is 0 Å². The van der Waals surface area contributed by atoms with Crippen LogP contribution < -0.4 is 5.32 Å². The smallest absolute Gasteiger partial charge is 0.329 e. The first kappa shape index (κ1) is 10.5. The van der Waals surface area contributed by atoms with Gasteiger partial charge in [0.25, 0.3) is 0 Å². The summed E-state index contributed by atoms with van der Waals surface area (Å²) in [5.74, 6) is -1.58. The highest BCUT2D eigenvalue weighted by molar-refractivity contribution is 6.31. The molecule has 1 aromatic rings. The Morgan fingerprint density at radius 1 is 1.57 bits per heavy atom. The lowest BCUT2D eigenvalue weighted by atomic mass is 10.3. The molecule has 2 N–H and O–H groups in total. The van der Waals surface area contributed by atoms with Crippen molar-refractivity contribution >= 4 is 23.3 Å². The maximum Gasteiger partial charge on any atom is 0.329 e. The van der Waals surface area contributed by atoms with E-state index in [9.17, 15) is 9.18 Å². The van der Waals surface area contributed by atoms with Crippen LogP contribution in [-0.2, 0) is 4.79 Å². The van der Waals surface area contributed by atoms with Gasteiger partial charge in [-0.15, -0.1) is 0 Å². The monoisotopic (exact) mass is 215 g/mol. The molecular formula is C9H7ClFNO2. The fourth-order valence-corrected chi connectivity index (χ4v) is 0.976. The number of nitrogens with one attached hydrogen (secondary N) is 1. The molecule has 0 heterocycles. The number of halogens is 2. The number of carboxylic acids is 1. The minimum absolute atomic E-state index is 0.0151. The standard InChI is InChI=1S/C9H7ClFNO2/c10-7-5-6(1-2-8(7)11)12-4-3-9(13)14/h1-5,12H,(H,13,14)/b4-3+. The molecule has 0 spiro atoms. The molecule has 14 heavy (non-hydrogen) atoms. The highest BCUT2D eigenvalue weighted by Crippen LogP contribution is 2.19. The number of hydrogen-bond acceptors (Lipinski definition) is 2. The van der Waals surface area contributed by atoms with E-state index in [1.165, 1.54) is 24.4 Å². The van der Waals surface area contributed by atoms with E-state index in [0.29, 0.717) is 5.69 Å². The molecule has 0 saturated heterocycles. The molecule has 0 aliphatic rings. The van der Waals surface area contributed by atoms with Crippen LogP contribution in [0.25, 0.3) is 0 Å². The first-order valence-electron chi connectivity index (χ1n) is 3.70. The largest absolute Gasteiger partial charge is 0.478 e. The summed E-state index contributed by atoms with van der Waals surface area (Å²) in [5, 5.41) is 10.9. The van der Waals surface area contributed by atoms with Gasteiger partial charge in [-0.05, 0) is 18.2 Å². The molecule has 1 rings (SSSR count). The zero-order valence-corrected chi connectivity index (χ0v) is 7.75. The summed E-state index contributed by atoms with van der Waals surface area (Å²) in [6.45, 7) is 0. The van der Waals surface area contributed by atoms with Crippen molar-refractivity contribution in [2.75, 3.05) is 5.32 Å². The Bertz CT molecular complexity index is 379. The zero-order chi connectivity index (χ0) is 10.6. The molecule has 0 bridgehead atoms. The Balaban J connectivity index is 2.69. The van der Waals surface area contributed by atoms with Crippen molar-refractivity contribution in [1.82, 2.24) is 0 Å². The average molecular weight is 216 g/mol. The van der Waals surface area contributed by atoms with Crippen LogP contribution in [0, 0.1) is 5.82 Å². The minimum Gasteiger partial charge on any atom is -0.478 e. The van der Waals surface area contributed by atoms with Gasteiger partial charge < -0.3 is 10.4 Å². The molecule has 0 saturated carbocycles. The minimum atomic E-state index is -1.06. The molecule has 0 aliphatic carbocycles. The van der Waals surface area contributed by atoms with Crippen molar-refractivity contribution < 1.29 is 14.3 Å². The van der Waals surface area contributed by atoms with Gasteiger partial charge in [0.1, 0.15) is 5.82 Å². The van der Waals surface area contributed by atoms with Gasteiger partial charge in [-0.3, -0.25) is 0 Å². The summed E-state index contributed by atoms with van der Waals surface area (Å²) < 4.78 is 12.7. The normalized spacial score (nSPS) is 10.4. The molecule has 0 atom stereocenters. The van der Waals surface area contributed by atoms with Gasteiger partial charge >= 0.3 is 5.97 Å². The van der Waals surface area contributed by atoms with E-state index in [1.54, 1.807) is 0 Å². The molecule has 5 heteroatoms. The number of anilines is 1. The molecule has 0 amide bonds. The fraction of sp³-hybridized carbons (Fsp3) is 0. The van der Waals surface area contributed by atoms with Gasteiger partial charge in [0.15, 0.2) is 0 Å². The molecule has 0 fully saturated rings. The quantitative estimate of drug-likeness (QED) is 0.762. The van der Waals surface area contributed by atoms with Crippen molar-refractivity contribution in [1.29, 1.82) is 0 Å². The second-order valence-corrected chi connectivity index (χ2v) is 2.85. The van der Waals surface area contributed by atoms with Crippen LogP contribution in [0.1, 0.15) is 0 Å². The van der Waals surface area contributed by atoms with Crippen molar-refractivity contribution in [2.24, 2.45) is 0 Å². The Labute approximate surface area is 84.8 Å². The predicted octanol–water partition coefficient (Wildman–Crippen LogP) is 2.49. The number of hydrogen-bond donors (Lipinski definition) is 2. The van der Waals surface area contributed by atoms with Gasteiger partial charge in [0, 0.05) is 18.0 Å². The lowest BCUT2D eigenvalue weighted by molar-refractivity contribution is -0.131. The van der Waals surface area contributed by atoms with Crippen LogP contribution in [-0.4, -0.2) is 11.1 Å². The molecule has 0 aromatic heterocycles. The van der Waals surface area contributed by atoms with Crippen molar-refractivity contribution in [2.45, 2.75) is 0 Å². The lowest BCUT2D eigenvalue weighted by Crippen LogP contribution is -1.92. The summed E-state index contributed by atoms with van der Waals surface area (Å²) in [6.07, 6.45) is 2.16. The van der Waals surface area contributed by atoms with Gasteiger partial charge in [-0.1, -0.05) is 11.6 Å². The Morgan fingerprint density at radius 2 is 2.29 bits per heavy atom. The van der Waals surface area contributed by atoms with Crippen LogP contribution in [0.2, 0.25) is 5.02 Å². The van der Waals surface area contributed by atoms with E-state index in [4.69, 9.17) is 16.7 Å². The van der Waals surface area contributed by atoms with Crippen LogP contribution in [0.15, 0.2) is 30.5 Å². The van der Waals surface area contributed by atoms with E-state index in [2.05, 4.69) is 5.32 Å². The highest BCUT2D eigenvalue weighted by atomic mass is 35.5. The Kier molecular flexibility index (Phi) is 3.48. The van der Waals surface area contributed by atoms with Crippen molar-refractivity contribution in [3.63, 3.8) is 0 Å². The lowest BCUT2D eigenvalue weighted by Gasteiger charge is -2.00. The fourth-order valence-electron chi connectivity index (χ4n) is 0.795. The SMILES string of the molecule is O=C(O)/C=C/Nc1ccc(F)c(Cl)c1. The summed E-state index contributed by atoms with van der Waals surface area (Å²) in [7, 11) is 0. The van der Waals surface area contributed by atoms with E-state index in [0.717, 1.165) is 6.08 Å². The van der Waals surface area contributed by atoms with Gasteiger partial charge in [0.05, 0.1) is 5.02 Å². The molecule has 1 aromatic carbocycles. The number of rotatable bonds is 3. The third-order valence-electron chi connectivity index (χ3n) is 1.40. The van der Waals surface area contributed by atoms with Gasteiger partial charge in [-0.2, -0.15) is 0 Å². The van der Waals surface area contributed by atoms with Crippen molar-refractivity contribution in [3.05, 3.63) is 41.3 Å². The van der Waals surface area contributed by atoms with Crippen LogP contribution in [0.3, 0.4) is 0 Å². The number of carbonyl (C=O) groups is 1. The van der Waals surface area contributed by atoms with Gasteiger partial charge in [0.2, 0.25) is 0 Å². The maximum absolute atomic E-state index is 12.7. The zero-order valence-electron chi connectivity index (χ0n) is 7.00. The second kappa shape index (κ2) is 4.62.